The quantitative estimate of drug-likeness (QED) is 0.556. The minimum atomic E-state index is -4.13. The summed E-state index contributed by atoms with van der Waals surface area (Å²) >= 11 is 0. The van der Waals surface area contributed by atoms with Crippen LogP contribution in [-0.4, -0.2) is 63.4 Å². The maximum atomic E-state index is 12.5. The van der Waals surface area contributed by atoms with Crippen molar-refractivity contribution in [3.63, 3.8) is 0 Å². The Bertz CT molecular complexity index is 685. The average Bonchev–Trinajstić information content (AvgIpc) is 3.36. The number of guanidine groups is 1. The van der Waals surface area contributed by atoms with E-state index in [4.69, 9.17) is 0 Å². The van der Waals surface area contributed by atoms with Crippen LogP contribution in [0.15, 0.2) is 29.3 Å². The molecule has 2 unspecified atom stereocenters. The Morgan fingerprint density at radius 2 is 2.00 bits per heavy atom. The van der Waals surface area contributed by atoms with E-state index in [9.17, 15) is 13.2 Å². The molecule has 2 atom stereocenters. The lowest BCUT2D eigenvalue weighted by Gasteiger charge is -2.23. The van der Waals surface area contributed by atoms with E-state index in [2.05, 4.69) is 51.7 Å². The van der Waals surface area contributed by atoms with E-state index in [0.29, 0.717) is 25.6 Å². The standard InChI is InChI=1S/C21H32F3N5/c1-16(18-6-5-7-19(12-18)29-9-3-4-10-29)27-20(25-2)26-13-17-8-11-28(14-17)15-21(22,23)24/h5-7,12,16-17H,3-4,8-11,13-15H2,1-2H3,(H2,25,26,27). The van der Waals surface area contributed by atoms with Crippen molar-refractivity contribution in [2.75, 3.05) is 51.2 Å². The summed E-state index contributed by atoms with van der Waals surface area (Å²) in [5.41, 5.74) is 2.45. The number of nitrogens with one attached hydrogen (secondary N) is 2. The van der Waals surface area contributed by atoms with E-state index in [0.717, 1.165) is 19.5 Å². The summed E-state index contributed by atoms with van der Waals surface area (Å²) in [6.45, 7) is 5.09. The largest absolute Gasteiger partial charge is 0.401 e. The first-order valence-electron chi connectivity index (χ1n) is 10.5. The highest BCUT2D eigenvalue weighted by Crippen LogP contribution is 2.24. The van der Waals surface area contributed by atoms with Gasteiger partial charge in [0.1, 0.15) is 0 Å². The number of alkyl halides is 3. The molecule has 8 heteroatoms. The smallest absolute Gasteiger partial charge is 0.372 e. The third kappa shape index (κ3) is 6.52. The first kappa shape index (κ1) is 21.7. The van der Waals surface area contributed by atoms with Crippen LogP contribution in [0.4, 0.5) is 18.9 Å². The summed E-state index contributed by atoms with van der Waals surface area (Å²) in [4.78, 5) is 8.18. The molecule has 2 aliphatic rings. The number of aliphatic imine (C=N–C) groups is 1. The number of hydrogen-bond donors (Lipinski definition) is 2. The molecule has 0 radical (unpaired) electrons. The van der Waals surface area contributed by atoms with E-state index >= 15 is 0 Å². The minimum absolute atomic E-state index is 0.0778. The molecular formula is C21H32F3N5. The molecule has 162 valence electrons. The van der Waals surface area contributed by atoms with E-state index < -0.39 is 12.7 Å². The fourth-order valence-electron chi connectivity index (χ4n) is 4.17. The fraction of sp³-hybridized carbons (Fsp3) is 0.667. The number of likely N-dealkylation sites (tertiary alicyclic amines) is 1. The maximum Gasteiger partial charge on any atom is 0.401 e. The lowest BCUT2D eigenvalue weighted by atomic mass is 10.1. The van der Waals surface area contributed by atoms with E-state index in [1.807, 2.05) is 0 Å². The molecule has 0 amide bonds. The van der Waals surface area contributed by atoms with Crippen molar-refractivity contribution in [2.45, 2.75) is 38.4 Å². The van der Waals surface area contributed by atoms with Gasteiger partial charge in [0.25, 0.3) is 0 Å². The normalized spacial score (nSPS) is 22.2. The zero-order chi connectivity index (χ0) is 20.9. The highest BCUT2D eigenvalue weighted by atomic mass is 19.4. The first-order chi connectivity index (χ1) is 13.8. The van der Waals surface area contributed by atoms with Gasteiger partial charge < -0.3 is 15.5 Å². The summed E-state index contributed by atoms with van der Waals surface area (Å²) in [5, 5.41) is 6.69. The molecule has 0 spiro atoms. The topological polar surface area (TPSA) is 42.9 Å². The minimum Gasteiger partial charge on any atom is -0.372 e. The molecule has 0 bridgehead atoms. The predicted octanol–water partition coefficient (Wildman–Crippen LogP) is 3.40. The van der Waals surface area contributed by atoms with E-state index in [1.165, 1.54) is 29.0 Å². The van der Waals surface area contributed by atoms with Gasteiger partial charge in [-0.05, 0) is 56.3 Å². The molecule has 0 aliphatic carbocycles. The van der Waals surface area contributed by atoms with Crippen LogP contribution >= 0.6 is 0 Å². The average molecular weight is 412 g/mol. The van der Waals surface area contributed by atoms with Crippen LogP contribution in [0.1, 0.15) is 37.8 Å². The predicted molar refractivity (Wildman–Crippen MR) is 111 cm³/mol. The number of halogens is 3. The van der Waals surface area contributed by atoms with Gasteiger partial charge >= 0.3 is 6.18 Å². The fourth-order valence-corrected chi connectivity index (χ4v) is 4.17. The molecule has 1 aromatic carbocycles. The van der Waals surface area contributed by atoms with Crippen LogP contribution in [0, 0.1) is 5.92 Å². The van der Waals surface area contributed by atoms with Crippen molar-refractivity contribution in [2.24, 2.45) is 10.9 Å². The summed E-state index contributed by atoms with van der Waals surface area (Å²) in [6.07, 6.45) is -0.862. The number of nitrogens with zero attached hydrogens (tertiary/aromatic N) is 3. The van der Waals surface area contributed by atoms with Crippen LogP contribution in [0.2, 0.25) is 0 Å². The Morgan fingerprint density at radius 3 is 2.69 bits per heavy atom. The van der Waals surface area contributed by atoms with Crippen LogP contribution < -0.4 is 15.5 Å². The van der Waals surface area contributed by atoms with Crippen LogP contribution in [0.25, 0.3) is 0 Å². The Hall–Kier alpha value is -1.96. The molecule has 5 nitrogen and oxygen atoms in total. The van der Waals surface area contributed by atoms with Gasteiger partial charge in [0, 0.05) is 38.9 Å². The first-order valence-corrected chi connectivity index (χ1v) is 10.5. The third-order valence-electron chi connectivity index (χ3n) is 5.75. The number of anilines is 1. The van der Waals surface area contributed by atoms with E-state index in [-0.39, 0.29) is 12.0 Å². The van der Waals surface area contributed by atoms with Gasteiger partial charge in [-0.1, -0.05) is 12.1 Å². The number of rotatable bonds is 6. The summed E-state index contributed by atoms with van der Waals surface area (Å²) in [7, 11) is 1.72. The highest BCUT2D eigenvalue weighted by Gasteiger charge is 2.34. The Balaban J connectivity index is 1.48. The van der Waals surface area contributed by atoms with Gasteiger partial charge in [-0.2, -0.15) is 13.2 Å². The van der Waals surface area contributed by atoms with Crippen molar-refractivity contribution in [3.05, 3.63) is 29.8 Å². The maximum absolute atomic E-state index is 12.5. The molecule has 2 fully saturated rings. The van der Waals surface area contributed by atoms with Crippen molar-refractivity contribution in [1.82, 2.24) is 15.5 Å². The van der Waals surface area contributed by atoms with Gasteiger partial charge in [-0.3, -0.25) is 9.89 Å². The van der Waals surface area contributed by atoms with Gasteiger partial charge in [0.2, 0.25) is 0 Å². The van der Waals surface area contributed by atoms with Crippen molar-refractivity contribution in [1.29, 1.82) is 0 Å². The summed E-state index contributed by atoms with van der Waals surface area (Å²) < 4.78 is 37.6. The second-order valence-corrected chi connectivity index (χ2v) is 8.11. The Morgan fingerprint density at radius 1 is 1.24 bits per heavy atom. The molecule has 2 aliphatic heterocycles. The molecule has 2 saturated heterocycles. The second-order valence-electron chi connectivity index (χ2n) is 8.11. The molecule has 29 heavy (non-hydrogen) atoms. The van der Waals surface area contributed by atoms with Gasteiger partial charge in [0.15, 0.2) is 5.96 Å². The van der Waals surface area contributed by atoms with Crippen LogP contribution in [0.3, 0.4) is 0 Å². The third-order valence-corrected chi connectivity index (χ3v) is 5.75. The van der Waals surface area contributed by atoms with Crippen molar-refractivity contribution >= 4 is 11.6 Å². The second kappa shape index (κ2) is 9.69. The molecular weight excluding hydrogens is 379 g/mol. The van der Waals surface area contributed by atoms with Gasteiger partial charge in [0.05, 0.1) is 12.6 Å². The Labute approximate surface area is 171 Å². The summed E-state index contributed by atoms with van der Waals surface area (Å²) in [5.74, 6) is 0.878. The molecule has 2 heterocycles. The molecule has 1 aromatic rings. The van der Waals surface area contributed by atoms with E-state index in [1.54, 1.807) is 7.05 Å². The van der Waals surface area contributed by atoms with Crippen LogP contribution in [0.5, 0.6) is 0 Å². The van der Waals surface area contributed by atoms with Crippen molar-refractivity contribution in [3.8, 4) is 0 Å². The zero-order valence-electron chi connectivity index (χ0n) is 17.3. The SMILES string of the molecule is CN=C(NCC1CCN(CC(F)(F)F)C1)NC(C)c1cccc(N2CCCC2)c1. The number of benzene rings is 1. The molecule has 2 N–H and O–H groups in total. The molecule has 0 aromatic heterocycles. The molecule has 3 rings (SSSR count). The van der Waals surface area contributed by atoms with Gasteiger partial charge in [-0.15, -0.1) is 0 Å². The molecule has 0 saturated carbocycles. The lowest BCUT2D eigenvalue weighted by molar-refractivity contribution is -0.143. The van der Waals surface area contributed by atoms with Crippen molar-refractivity contribution < 1.29 is 13.2 Å². The monoisotopic (exact) mass is 411 g/mol. The van der Waals surface area contributed by atoms with Gasteiger partial charge in [-0.25, -0.2) is 0 Å². The lowest BCUT2D eigenvalue weighted by Crippen LogP contribution is -2.41. The zero-order valence-corrected chi connectivity index (χ0v) is 17.3. The highest BCUT2D eigenvalue weighted by molar-refractivity contribution is 5.80. The number of hydrogen-bond acceptors (Lipinski definition) is 3. The van der Waals surface area contributed by atoms with Crippen LogP contribution in [-0.2, 0) is 0 Å². The Kier molecular flexibility index (Phi) is 7.27. The summed E-state index contributed by atoms with van der Waals surface area (Å²) in [6, 6.07) is 8.65.